The molecule has 0 N–H and O–H groups in total. The fraction of sp³-hybridized carbons (Fsp3) is 0.182. The molecule has 8 heteroatoms. The zero-order valence-corrected chi connectivity index (χ0v) is 15.7. The molecular weight excluding hydrogens is 402 g/mol. The quantitative estimate of drug-likeness (QED) is 0.307. The summed E-state index contributed by atoms with van der Waals surface area (Å²) < 4.78 is 68.2. The number of rotatable bonds is 6. The van der Waals surface area contributed by atoms with Gasteiger partial charge in [0.2, 0.25) is 0 Å². The van der Waals surface area contributed by atoms with Crippen LogP contribution in [-0.2, 0) is 16.3 Å². The minimum atomic E-state index is -3.68. The average molecular weight is 417 g/mol. The number of ether oxygens (including phenoxy) is 2. The number of ketones is 1. The Bertz CT molecular complexity index is 1110. The summed E-state index contributed by atoms with van der Waals surface area (Å²) in [5.41, 5.74) is -3.01. The van der Waals surface area contributed by atoms with Crippen molar-refractivity contribution in [2.24, 2.45) is 0 Å². The molecule has 1 aromatic heterocycles. The summed E-state index contributed by atoms with van der Waals surface area (Å²) in [6.45, 7) is 0.947. The number of alkyl halides is 2. The van der Waals surface area contributed by atoms with Crippen LogP contribution in [0.5, 0.6) is 11.5 Å². The molecule has 0 radical (unpaired) electrons. The Morgan fingerprint density at radius 1 is 1.13 bits per heavy atom. The number of aromatic nitrogens is 1. The summed E-state index contributed by atoms with van der Waals surface area (Å²) in [4.78, 5) is 15.4. The topological polar surface area (TPSA) is 51.7 Å². The van der Waals surface area contributed by atoms with Gasteiger partial charge >= 0.3 is 5.92 Å². The van der Waals surface area contributed by atoms with Gasteiger partial charge in [0, 0.05) is 11.6 Å². The van der Waals surface area contributed by atoms with E-state index in [4.69, 9.17) is 9.47 Å². The van der Waals surface area contributed by atoms with Gasteiger partial charge in [-0.05, 0) is 43.3 Å². The number of benzene rings is 2. The highest BCUT2D eigenvalue weighted by molar-refractivity contribution is 5.96. The molecule has 2 aromatic carbocycles. The van der Waals surface area contributed by atoms with Gasteiger partial charge in [-0.15, -0.1) is 0 Å². The van der Waals surface area contributed by atoms with Gasteiger partial charge in [0.25, 0.3) is 0 Å². The second-order valence-electron chi connectivity index (χ2n) is 6.85. The molecular formula is C22H15F4NO3. The molecule has 1 aliphatic heterocycles. The Labute approximate surface area is 169 Å². The maximum Gasteiger partial charge on any atom is 0.324 e. The maximum atomic E-state index is 15.2. The number of epoxide rings is 1. The molecule has 1 fully saturated rings. The number of carbonyl (C=O) groups is 1. The molecule has 0 spiro atoms. The lowest BCUT2D eigenvalue weighted by molar-refractivity contribution is -0.0902. The van der Waals surface area contributed by atoms with E-state index in [-0.39, 0.29) is 17.3 Å². The van der Waals surface area contributed by atoms with Crippen LogP contribution in [-0.4, -0.2) is 17.4 Å². The molecule has 2 heterocycles. The van der Waals surface area contributed by atoms with Crippen LogP contribution in [0.3, 0.4) is 0 Å². The lowest BCUT2D eigenvalue weighted by Gasteiger charge is -2.24. The van der Waals surface area contributed by atoms with E-state index in [1.807, 2.05) is 0 Å². The summed E-state index contributed by atoms with van der Waals surface area (Å²) in [6, 6.07) is 11.2. The van der Waals surface area contributed by atoms with Gasteiger partial charge < -0.3 is 9.47 Å². The summed E-state index contributed by atoms with van der Waals surface area (Å²) in [5, 5.41) is 0. The highest BCUT2D eigenvalue weighted by Crippen LogP contribution is 2.56. The fourth-order valence-corrected chi connectivity index (χ4v) is 3.20. The third-order valence-corrected chi connectivity index (χ3v) is 4.86. The second kappa shape index (κ2) is 7.21. The molecule has 0 aliphatic carbocycles. The zero-order valence-electron chi connectivity index (χ0n) is 15.7. The van der Waals surface area contributed by atoms with E-state index in [9.17, 15) is 13.6 Å². The van der Waals surface area contributed by atoms with Crippen molar-refractivity contribution < 1.29 is 31.8 Å². The first-order valence-electron chi connectivity index (χ1n) is 8.96. The van der Waals surface area contributed by atoms with Gasteiger partial charge in [0.15, 0.2) is 11.4 Å². The minimum Gasteiger partial charge on any atom is -0.455 e. The molecule has 1 unspecified atom stereocenters. The van der Waals surface area contributed by atoms with Crippen molar-refractivity contribution in [3.63, 3.8) is 0 Å². The largest absolute Gasteiger partial charge is 0.455 e. The molecule has 4 nitrogen and oxygen atoms in total. The highest BCUT2D eigenvalue weighted by Gasteiger charge is 2.68. The van der Waals surface area contributed by atoms with Crippen LogP contribution in [0.4, 0.5) is 17.6 Å². The van der Waals surface area contributed by atoms with E-state index >= 15 is 8.78 Å². The number of Topliss-reactive ketones (excluding diaryl/α,β-unsaturated/α-hetero) is 1. The lowest BCUT2D eigenvalue weighted by Crippen LogP contribution is -2.34. The van der Waals surface area contributed by atoms with E-state index in [1.165, 1.54) is 13.0 Å². The van der Waals surface area contributed by atoms with Gasteiger partial charge in [-0.3, -0.25) is 9.78 Å². The van der Waals surface area contributed by atoms with Crippen LogP contribution in [0.25, 0.3) is 0 Å². The number of halogens is 4. The standard InChI is InChI=1S/C22H15F4NO3/c1-13(28)16-4-2-3-5-19(16)30-15-7-9-20(27-11-15)22(25,26)21(12-29-21)17-8-6-14(23)10-18(17)24/h2-11H,12H2,1H3. The van der Waals surface area contributed by atoms with Crippen LogP contribution >= 0.6 is 0 Å². The van der Waals surface area contributed by atoms with Crippen molar-refractivity contribution in [3.8, 4) is 11.5 Å². The average Bonchev–Trinajstić information content (AvgIpc) is 3.51. The lowest BCUT2D eigenvalue weighted by atomic mass is 9.90. The molecule has 0 saturated carbocycles. The molecule has 1 aliphatic rings. The second-order valence-corrected chi connectivity index (χ2v) is 6.85. The molecule has 0 amide bonds. The Hall–Kier alpha value is -3.26. The first-order chi connectivity index (χ1) is 14.2. The summed E-state index contributed by atoms with van der Waals surface area (Å²) >= 11 is 0. The monoisotopic (exact) mass is 417 g/mol. The van der Waals surface area contributed by atoms with Crippen LogP contribution in [0.1, 0.15) is 28.5 Å². The minimum absolute atomic E-state index is 0.141. The summed E-state index contributed by atoms with van der Waals surface area (Å²) in [7, 11) is 0. The van der Waals surface area contributed by atoms with E-state index in [1.54, 1.807) is 24.3 Å². The van der Waals surface area contributed by atoms with Crippen LogP contribution in [0.2, 0.25) is 0 Å². The van der Waals surface area contributed by atoms with Crippen molar-refractivity contribution in [2.45, 2.75) is 18.4 Å². The van der Waals surface area contributed by atoms with E-state index in [2.05, 4.69) is 4.98 Å². The van der Waals surface area contributed by atoms with Crippen LogP contribution in [0, 0.1) is 11.6 Å². The van der Waals surface area contributed by atoms with E-state index < -0.39 is 41.0 Å². The Balaban J connectivity index is 1.62. The number of carbonyl (C=O) groups excluding carboxylic acids is 1. The van der Waals surface area contributed by atoms with Crippen molar-refractivity contribution in [2.75, 3.05) is 6.61 Å². The van der Waals surface area contributed by atoms with Gasteiger partial charge in [0.05, 0.1) is 18.4 Å². The van der Waals surface area contributed by atoms with Gasteiger partial charge in [-0.1, -0.05) is 12.1 Å². The molecule has 1 atom stereocenters. The van der Waals surface area contributed by atoms with E-state index in [0.29, 0.717) is 11.6 Å². The van der Waals surface area contributed by atoms with Crippen LogP contribution < -0.4 is 4.74 Å². The number of para-hydroxylation sites is 1. The SMILES string of the molecule is CC(=O)c1ccccc1Oc1ccc(C(F)(F)C2(c3ccc(F)cc3F)CO2)nc1. The molecule has 30 heavy (non-hydrogen) atoms. The molecule has 4 rings (SSSR count). The van der Waals surface area contributed by atoms with Crippen molar-refractivity contribution in [3.05, 3.63) is 89.2 Å². The number of pyridine rings is 1. The third-order valence-electron chi connectivity index (χ3n) is 4.86. The maximum absolute atomic E-state index is 15.2. The highest BCUT2D eigenvalue weighted by atomic mass is 19.3. The molecule has 3 aromatic rings. The van der Waals surface area contributed by atoms with Crippen molar-refractivity contribution in [1.29, 1.82) is 0 Å². The normalized spacial score (nSPS) is 18.2. The summed E-state index contributed by atoms with van der Waals surface area (Å²) in [5.74, 6) is -5.48. The third kappa shape index (κ3) is 3.33. The van der Waals surface area contributed by atoms with Gasteiger partial charge in [0.1, 0.15) is 28.8 Å². The number of nitrogens with zero attached hydrogens (tertiary/aromatic N) is 1. The van der Waals surface area contributed by atoms with E-state index in [0.717, 1.165) is 24.4 Å². The number of hydrogen-bond donors (Lipinski definition) is 0. The Morgan fingerprint density at radius 3 is 2.47 bits per heavy atom. The van der Waals surface area contributed by atoms with Gasteiger partial charge in [-0.2, -0.15) is 8.78 Å². The molecule has 154 valence electrons. The summed E-state index contributed by atoms with van der Waals surface area (Å²) in [6.07, 6.45) is 1.08. The first kappa shape index (κ1) is 20.0. The fourth-order valence-electron chi connectivity index (χ4n) is 3.20. The van der Waals surface area contributed by atoms with Crippen molar-refractivity contribution in [1.82, 2.24) is 4.98 Å². The Morgan fingerprint density at radius 2 is 1.87 bits per heavy atom. The molecule has 1 saturated heterocycles. The first-order valence-corrected chi connectivity index (χ1v) is 8.96. The predicted octanol–water partition coefficient (Wildman–Crippen LogP) is 5.37. The zero-order chi connectivity index (χ0) is 21.5. The number of hydrogen-bond acceptors (Lipinski definition) is 4. The van der Waals surface area contributed by atoms with Crippen molar-refractivity contribution >= 4 is 5.78 Å². The predicted molar refractivity (Wildman–Crippen MR) is 98.6 cm³/mol. The Kier molecular flexibility index (Phi) is 4.82. The van der Waals surface area contributed by atoms with Gasteiger partial charge in [-0.25, -0.2) is 8.78 Å². The smallest absolute Gasteiger partial charge is 0.324 e. The molecule has 0 bridgehead atoms. The van der Waals surface area contributed by atoms with Crippen LogP contribution in [0.15, 0.2) is 60.8 Å².